The van der Waals surface area contributed by atoms with Gasteiger partial charge in [0.25, 0.3) is 5.89 Å². The highest BCUT2D eigenvalue weighted by Crippen LogP contribution is 2.20. The molecule has 0 aliphatic rings. The second-order valence-electron chi connectivity index (χ2n) is 4.32. The van der Waals surface area contributed by atoms with Crippen LogP contribution in [-0.4, -0.2) is 26.0 Å². The minimum atomic E-state index is 0.400. The van der Waals surface area contributed by atoms with Crippen LogP contribution >= 0.6 is 0 Å². The van der Waals surface area contributed by atoms with Gasteiger partial charge in [0, 0.05) is 18.8 Å². The third-order valence-electron chi connectivity index (χ3n) is 2.60. The molecule has 0 spiro atoms. The minimum absolute atomic E-state index is 0.400. The van der Waals surface area contributed by atoms with Crippen molar-refractivity contribution in [3.63, 3.8) is 0 Å². The van der Waals surface area contributed by atoms with E-state index in [1.165, 1.54) is 0 Å². The number of aromatic nitrogens is 4. The Morgan fingerprint density at radius 1 is 1.47 bits per heavy atom. The summed E-state index contributed by atoms with van der Waals surface area (Å²) in [5.41, 5.74) is 1.90. The lowest BCUT2D eigenvalue weighted by Crippen LogP contribution is -2.22. The van der Waals surface area contributed by atoms with Crippen molar-refractivity contribution in [2.75, 3.05) is 0 Å². The summed E-state index contributed by atoms with van der Waals surface area (Å²) in [6.45, 7) is 6.73. The summed E-state index contributed by atoms with van der Waals surface area (Å²) in [6.07, 6.45) is 1.74. The smallest absolute Gasteiger partial charge is 0.261 e. The molecule has 2 aromatic heterocycles. The van der Waals surface area contributed by atoms with E-state index in [2.05, 4.69) is 34.4 Å². The molecule has 1 N–H and O–H groups in total. The fraction of sp³-hybridized carbons (Fsp3) is 0.545. The van der Waals surface area contributed by atoms with Crippen LogP contribution in [0.15, 0.2) is 10.7 Å². The molecule has 0 radical (unpaired) electrons. The van der Waals surface area contributed by atoms with Crippen LogP contribution in [-0.2, 0) is 13.6 Å². The van der Waals surface area contributed by atoms with Gasteiger partial charge >= 0.3 is 0 Å². The van der Waals surface area contributed by atoms with Crippen LogP contribution in [0.3, 0.4) is 0 Å². The van der Waals surface area contributed by atoms with Gasteiger partial charge in [-0.1, -0.05) is 19.0 Å². The van der Waals surface area contributed by atoms with Gasteiger partial charge in [0.15, 0.2) is 5.82 Å². The van der Waals surface area contributed by atoms with Gasteiger partial charge in [-0.05, 0) is 6.92 Å². The molecule has 0 atom stereocenters. The summed E-state index contributed by atoms with van der Waals surface area (Å²) in [5.74, 6) is 1.19. The summed E-state index contributed by atoms with van der Waals surface area (Å²) in [6, 6.07) is 0.400. The first-order valence-corrected chi connectivity index (χ1v) is 5.63. The Labute approximate surface area is 100 Å². The van der Waals surface area contributed by atoms with E-state index in [0.717, 1.165) is 11.3 Å². The van der Waals surface area contributed by atoms with Gasteiger partial charge in [0.1, 0.15) is 0 Å². The van der Waals surface area contributed by atoms with Crippen LogP contribution in [0.25, 0.3) is 11.5 Å². The van der Waals surface area contributed by atoms with Crippen LogP contribution in [0.2, 0.25) is 0 Å². The Bertz CT molecular complexity index is 500. The molecule has 0 aliphatic heterocycles. The van der Waals surface area contributed by atoms with E-state index in [1.807, 2.05) is 14.0 Å². The fourth-order valence-corrected chi connectivity index (χ4v) is 1.44. The van der Waals surface area contributed by atoms with E-state index in [-0.39, 0.29) is 0 Å². The zero-order chi connectivity index (χ0) is 12.4. The van der Waals surface area contributed by atoms with E-state index in [0.29, 0.717) is 24.3 Å². The number of nitrogens with zero attached hydrogens (tertiary/aromatic N) is 4. The zero-order valence-corrected chi connectivity index (χ0v) is 10.6. The molecule has 2 heterocycles. The highest BCUT2D eigenvalue weighted by molar-refractivity contribution is 5.54. The summed E-state index contributed by atoms with van der Waals surface area (Å²) < 4.78 is 7.01. The topological polar surface area (TPSA) is 68.8 Å². The molecule has 0 unspecified atom stereocenters. The quantitative estimate of drug-likeness (QED) is 0.864. The van der Waals surface area contributed by atoms with Crippen molar-refractivity contribution in [2.24, 2.45) is 7.05 Å². The van der Waals surface area contributed by atoms with Gasteiger partial charge in [-0.3, -0.25) is 4.68 Å². The van der Waals surface area contributed by atoms with Crippen molar-refractivity contribution in [3.05, 3.63) is 17.7 Å². The van der Waals surface area contributed by atoms with Crippen LogP contribution in [0.1, 0.15) is 25.4 Å². The number of nitrogens with one attached hydrogen (secondary N) is 1. The maximum Gasteiger partial charge on any atom is 0.261 e. The van der Waals surface area contributed by atoms with E-state index in [9.17, 15) is 0 Å². The maximum atomic E-state index is 5.22. The lowest BCUT2D eigenvalue weighted by molar-refractivity contribution is 0.417. The third-order valence-corrected chi connectivity index (χ3v) is 2.60. The predicted molar refractivity (Wildman–Crippen MR) is 63.2 cm³/mol. The third kappa shape index (κ3) is 2.52. The fourth-order valence-electron chi connectivity index (χ4n) is 1.44. The van der Waals surface area contributed by atoms with Crippen molar-refractivity contribution in [1.29, 1.82) is 0 Å². The van der Waals surface area contributed by atoms with Crippen molar-refractivity contribution < 1.29 is 4.52 Å². The van der Waals surface area contributed by atoms with E-state index >= 15 is 0 Å². The second kappa shape index (κ2) is 4.67. The van der Waals surface area contributed by atoms with Crippen LogP contribution in [0.5, 0.6) is 0 Å². The summed E-state index contributed by atoms with van der Waals surface area (Å²) in [7, 11) is 1.89. The Hall–Kier alpha value is -1.69. The number of hydrogen-bond donors (Lipinski definition) is 1. The normalized spacial score (nSPS) is 11.4. The zero-order valence-electron chi connectivity index (χ0n) is 10.6. The Kier molecular flexibility index (Phi) is 3.23. The lowest BCUT2D eigenvalue weighted by Gasteiger charge is -2.03. The first-order valence-electron chi connectivity index (χ1n) is 5.63. The minimum Gasteiger partial charge on any atom is -0.334 e. The summed E-state index contributed by atoms with van der Waals surface area (Å²) in [4.78, 5) is 4.33. The van der Waals surface area contributed by atoms with E-state index in [4.69, 9.17) is 4.52 Å². The second-order valence-corrected chi connectivity index (χ2v) is 4.32. The average Bonchev–Trinajstić information content (AvgIpc) is 2.85. The van der Waals surface area contributed by atoms with Crippen LogP contribution in [0, 0.1) is 6.92 Å². The largest absolute Gasteiger partial charge is 0.334 e. The summed E-state index contributed by atoms with van der Waals surface area (Å²) >= 11 is 0. The standard InChI is InChI=1S/C11H17N5O/c1-7(2)12-6-10-14-11(17-15-10)9-5-13-16(4)8(9)3/h5,7,12H,6H2,1-4H3. The van der Waals surface area contributed by atoms with Crippen molar-refractivity contribution >= 4 is 0 Å². The molecule has 0 bridgehead atoms. The van der Waals surface area contributed by atoms with Crippen LogP contribution < -0.4 is 5.32 Å². The van der Waals surface area contributed by atoms with E-state index < -0.39 is 0 Å². The van der Waals surface area contributed by atoms with Gasteiger partial charge < -0.3 is 9.84 Å². The molecule has 0 aromatic carbocycles. The number of aryl methyl sites for hydroxylation is 1. The molecular weight excluding hydrogens is 218 g/mol. The van der Waals surface area contributed by atoms with E-state index in [1.54, 1.807) is 10.9 Å². The molecule has 0 amide bonds. The Morgan fingerprint density at radius 2 is 2.24 bits per heavy atom. The molecule has 0 aliphatic carbocycles. The molecule has 0 fully saturated rings. The van der Waals surface area contributed by atoms with Crippen molar-refractivity contribution in [1.82, 2.24) is 25.2 Å². The molecule has 17 heavy (non-hydrogen) atoms. The van der Waals surface area contributed by atoms with Crippen molar-refractivity contribution in [3.8, 4) is 11.5 Å². The predicted octanol–water partition coefficient (Wildman–Crippen LogP) is 1.28. The first kappa shape index (κ1) is 11.8. The maximum absolute atomic E-state index is 5.22. The highest BCUT2D eigenvalue weighted by Gasteiger charge is 2.14. The Balaban J connectivity index is 2.15. The SMILES string of the molecule is Cc1c(-c2nc(CNC(C)C)no2)cnn1C. The van der Waals surface area contributed by atoms with Gasteiger partial charge in [-0.25, -0.2) is 0 Å². The molecule has 2 aromatic rings. The molecule has 6 heteroatoms. The lowest BCUT2D eigenvalue weighted by atomic mass is 10.2. The molecule has 2 rings (SSSR count). The number of rotatable bonds is 4. The molecular formula is C11H17N5O. The number of hydrogen-bond acceptors (Lipinski definition) is 5. The Morgan fingerprint density at radius 3 is 2.82 bits per heavy atom. The van der Waals surface area contributed by atoms with Crippen LogP contribution in [0.4, 0.5) is 0 Å². The van der Waals surface area contributed by atoms with Gasteiger partial charge in [-0.2, -0.15) is 10.1 Å². The van der Waals surface area contributed by atoms with Gasteiger partial charge in [0.05, 0.1) is 18.3 Å². The monoisotopic (exact) mass is 235 g/mol. The highest BCUT2D eigenvalue weighted by atomic mass is 16.5. The molecule has 0 saturated carbocycles. The van der Waals surface area contributed by atoms with Gasteiger partial charge in [-0.15, -0.1) is 0 Å². The average molecular weight is 235 g/mol. The van der Waals surface area contributed by atoms with Crippen molar-refractivity contribution in [2.45, 2.75) is 33.4 Å². The molecule has 92 valence electrons. The molecule has 6 nitrogen and oxygen atoms in total. The summed E-state index contributed by atoms with van der Waals surface area (Å²) in [5, 5.41) is 11.3. The first-order chi connectivity index (χ1) is 8.08. The van der Waals surface area contributed by atoms with Gasteiger partial charge in [0.2, 0.25) is 0 Å². The molecule has 0 saturated heterocycles.